The molecule has 0 aliphatic carbocycles. The average Bonchev–Trinajstić information content (AvgIpc) is 3.56. The molecule has 10 nitrogen and oxygen atoms in total. The minimum atomic E-state index is -3.75. The number of sulfonamides is 1. The monoisotopic (exact) mass is 494 g/mol. The van der Waals surface area contributed by atoms with Gasteiger partial charge in [0.15, 0.2) is 5.69 Å². The van der Waals surface area contributed by atoms with E-state index >= 15 is 0 Å². The van der Waals surface area contributed by atoms with E-state index in [1.807, 2.05) is 0 Å². The minimum Gasteiger partial charge on any atom is -0.468 e. The molecule has 2 aromatic carbocycles. The number of benzene rings is 2. The quantitative estimate of drug-likeness (QED) is 0.341. The third-order valence-electron chi connectivity index (χ3n) is 4.91. The number of esters is 1. The zero-order valence-corrected chi connectivity index (χ0v) is 19.5. The molecular formula is C24H22N4O6S. The van der Waals surface area contributed by atoms with E-state index in [0.717, 1.165) is 0 Å². The summed E-state index contributed by atoms with van der Waals surface area (Å²) >= 11 is 0. The minimum absolute atomic E-state index is 0.0240. The summed E-state index contributed by atoms with van der Waals surface area (Å²) in [5, 5.41) is 6.95. The molecule has 0 saturated heterocycles. The molecule has 4 aromatic rings. The molecule has 4 rings (SSSR count). The van der Waals surface area contributed by atoms with Gasteiger partial charge >= 0.3 is 5.97 Å². The molecule has 0 spiro atoms. The molecule has 35 heavy (non-hydrogen) atoms. The number of hydrogen-bond donors (Lipinski definition) is 2. The van der Waals surface area contributed by atoms with Gasteiger partial charge in [0.2, 0.25) is 10.0 Å². The van der Waals surface area contributed by atoms with Crippen molar-refractivity contribution in [3.8, 4) is 5.69 Å². The van der Waals surface area contributed by atoms with Gasteiger partial charge in [-0.25, -0.2) is 22.6 Å². The Kier molecular flexibility index (Phi) is 7.09. The number of nitrogens with one attached hydrogen (secondary N) is 2. The predicted molar refractivity (Wildman–Crippen MR) is 127 cm³/mol. The Morgan fingerprint density at radius 2 is 1.77 bits per heavy atom. The molecule has 11 heteroatoms. The molecule has 2 heterocycles. The zero-order valence-electron chi connectivity index (χ0n) is 18.7. The number of carbonyl (C=O) groups excluding carboxylic acids is 2. The number of rotatable bonds is 9. The van der Waals surface area contributed by atoms with Crippen LogP contribution < -0.4 is 10.0 Å². The van der Waals surface area contributed by atoms with Crippen LogP contribution in [0.1, 0.15) is 33.5 Å². The first kappa shape index (κ1) is 23.9. The molecule has 2 N–H and O–H groups in total. The molecule has 0 unspecified atom stereocenters. The van der Waals surface area contributed by atoms with Crippen molar-refractivity contribution in [1.82, 2.24) is 14.5 Å². The highest BCUT2D eigenvalue weighted by Gasteiger charge is 2.16. The number of anilines is 1. The molecule has 0 bridgehead atoms. The molecule has 0 aliphatic heterocycles. The van der Waals surface area contributed by atoms with Crippen molar-refractivity contribution in [3.63, 3.8) is 0 Å². The lowest BCUT2D eigenvalue weighted by Gasteiger charge is -2.09. The number of hydrogen-bond acceptors (Lipinski definition) is 7. The fourth-order valence-corrected chi connectivity index (χ4v) is 4.12. The highest BCUT2D eigenvalue weighted by Crippen LogP contribution is 2.16. The Morgan fingerprint density at radius 3 is 2.43 bits per heavy atom. The van der Waals surface area contributed by atoms with E-state index in [-0.39, 0.29) is 23.7 Å². The van der Waals surface area contributed by atoms with Gasteiger partial charge in [0.05, 0.1) is 30.0 Å². The maximum Gasteiger partial charge on any atom is 0.358 e. The Balaban J connectivity index is 1.37. The number of amides is 1. The maximum absolute atomic E-state index is 12.6. The SMILES string of the molecule is CCOC(=O)c1ccn(-c2ccc(NC(=O)c3ccc(S(=O)(=O)NCc4ccco4)cc3)cc2)n1. The predicted octanol–water partition coefficient (Wildman–Crippen LogP) is 3.37. The van der Waals surface area contributed by atoms with Gasteiger partial charge in [0.1, 0.15) is 5.76 Å². The van der Waals surface area contributed by atoms with Crippen LogP contribution >= 0.6 is 0 Å². The van der Waals surface area contributed by atoms with Crippen LogP contribution in [0.25, 0.3) is 5.69 Å². The largest absolute Gasteiger partial charge is 0.468 e. The van der Waals surface area contributed by atoms with E-state index in [4.69, 9.17) is 9.15 Å². The number of carbonyl (C=O) groups is 2. The van der Waals surface area contributed by atoms with Gasteiger partial charge in [-0.05, 0) is 73.7 Å². The molecule has 0 saturated carbocycles. The number of nitrogens with zero attached hydrogens (tertiary/aromatic N) is 2. The number of ether oxygens (including phenoxy) is 1. The summed E-state index contributed by atoms with van der Waals surface area (Å²) in [6.45, 7) is 2.01. The summed E-state index contributed by atoms with van der Waals surface area (Å²) < 4.78 is 38.9. The normalized spacial score (nSPS) is 11.2. The first-order chi connectivity index (χ1) is 16.9. The number of aromatic nitrogens is 2. The Bertz CT molecular complexity index is 1410. The van der Waals surface area contributed by atoms with Crippen LogP contribution in [0, 0.1) is 0 Å². The second kappa shape index (κ2) is 10.4. The second-order valence-electron chi connectivity index (χ2n) is 7.30. The fourth-order valence-electron chi connectivity index (χ4n) is 3.13. The standard InChI is InChI=1S/C24H22N4O6S/c1-2-33-24(30)22-13-14-28(27-22)19-9-7-18(8-10-19)26-23(29)17-5-11-21(12-6-17)35(31,32)25-16-20-4-3-15-34-20/h3-15,25H,2,16H2,1H3,(H,26,29). The van der Waals surface area contributed by atoms with Crippen LogP contribution in [0.3, 0.4) is 0 Å². The summed E-state index contributed by atoms with van der Waals surface area (Å²) in [5.41, 5.74) is 1.72. The molecule has 180 valence electrons. The van der Waals surface area contributed by atoms with Crippen LogP contribution in [0.15, 0.2) is 88.5 Å². The Morgan fingerprint density at radius 1 is 1.03 bits per heavy atom. The van der Waals surface area contributed by atoms with Crippen LogP contribution in [-0.4, -0.2) is 36.7 Å². The maximum atomic E-state index is 12.6. The summed E-state index contributed by atoms with van der Waals surface area (Å²) in [4.78, 5) is 24.4. The third kappa shape index (κ3) is 5.83. The van der Waals surface area contributed by atoms with Gasteiger partial charge in [-0.1, -0.05) is 0 Å². The number of furan rings is 1. The molecule has 0 atom stereocenters. The highest BCUT2D eigenvalue weighted by atomic mass is 32.2. The Hall–Kier alpha value is -4.22. The lowest BCUT2D eigenvalue weighted by Crippen LogP contribution is -2.23. The third-order valence-corrected chi connectivity index (χ3v) is 6.32. The van der Waals surface area contributed by atoms with Gasteiger partial charge < -0.3 is 14.5 Å². The van der Waals surface area contributed by atoms with Crippen molar-refractivity contribution >= 4 is 27.6 Å². The Labute approximate surface area is 201 Å². The van der Waals surface area contributed by atoms with Crippen LogP contribution in [0.5, 0.6) is 0 Å². The van der Waals surface area contributed by atoms with Gasteiger partial charge in [0.25, 0.3) is 5.91 Å². The molecule has 0 aliphatic rings. The summed E-state index contributed by atoms with van der Waals surface area (Å²) in [6, 6.07) is 17.3. The van der Waals surface area contributed by atoms with Crippen molar-refractivity contribution < 1.29 is 27.2 Å². The first-order valence-corrected chi connectivity index (χ1v) is 12.1. The summed E-state index contributed by atoms with van der Waals surface area (Å²) in [6.07, 6.45) is 3.10. The molecule has 0 fully saturated rings. The van der Waals surface area contributed by atoms with Gasteiger partial charge in [-0.15, -0.1) is 0 Å². The van der Waals surface area contributed by atoms with Crippen molar-refractivity contribution in [2.24, 2.45) is 0 Å². The lowest BCUT2D eigenvalue weighted by atomic mass is 10.2. The van der Waals surface area contributed by atoms with Crippen molar-refractivity contribution in [3.05, 3.63) is 96.2 Å². The van der Waals surface area contributed by atoms with Gasteiger partial charge in [-0.2, -0.15) is 5.10 Å². The van der Waals surface area contributed by atoms with E-state index in [9.17, 15) is 18.0 Å². The van der Waals surface area contributed by atoms with Gasteiger partial charge in [0, 0.05) is 17.4 Å². The van der Waals surface area contributed by atoms with Crippen LogP contribution in [0.2, 0.25) is 0 Å². The highest BCUT2D eigenvalue weighted by molar-refractivity contribution is 7.89. The van der Waals surface area contributed by atoms with Crippen molar-refractivity contribution in [2.45, 2.75) is 18.4 Å². The summed E-state index contributed by atoms with van der Waals surface area (Å²) in [5.74, 6) is -0.404. The first-order valence-electron chi connectivity index (χ1n) is 10.6. The fraction of sp³-hybridized carbons (Fsp3) is 0.125. The second-order valence-corrected chi connectivity index (χ2v) is 9.06. The smallest absolute Gasteiger partial charge is 0.358 e. The summed E-state index contributed by atoms with van der Waals surface area (Å²) in [7, 11) is -3.75. The van der Waals surface area contributed by atoms with Gasteiger partial charge in [-0.3, -0.25) is 4.79 Å². The molecule has 2 aromatic heterocycles. The van der Waals surface area contributed by atoms with E-state index in [2.05, 4.69) is 15.1 Å². The van der Waals surface area contributed by atoms with Crippen molar-refractivity contribution in [2.75, 3.05) is 11.9 Å². The van der Waals surface area contributed by atoms with E-state index < -0.39 is 21.9 Å². The molecular weight excluding hydrogens is 472 g/mol. The topological polar surface area (TPSA) is 133 Å². The van der Waals surface area contributed by atoms with Crippen molar-refractivity contribution in [1.29, 1.82) is 0 Å². The van der Waals surface area contributed by atoms with Crippen LogP contribution in [0.4, 0.5) is 5.69 Å². The van der Waals surface area contributed by atoms with E-state index in [1.54, 1.807) is 55.6 Å². The van der Waals surface area contributed by atoms with E-state index in [1.165, 1.54) is 35.2 Å². The molecule has 1 amide bonds. The lowest BCUT2D eigenvalue weighted by molar-refractivity contribution is 0.0518. The molecule has 0 radical (unpaired) electrons. The van der Waals surface area contributed by atoms with Crippen LogP contribution in [-0.2, 0) is 21.3 Å². The van der Waals surface area contributed by atoms with E-state index in [0.29, 0.717) is 22.7 Å². The average molecular weight is 495 g/mol. The zero-order chi connectivity index (χ0) is 24.8.